The van der Waals surface area contributed by atoms with Crippen molar-refractivity contribution in [3.8, 4) is 5.75 Å². The van der Waals surface area contributed by atoms with Gasteiger partial charge in [-0.15, -0.1) is 0 Å². The summed E-state index contributed by atoms with van der Waals surface area (Å²) in [6.45, 7) is 3.19. The fourth-order valence-corrected chi connectivity index (χ4v) is 3.32. The van der Waals surface area contributed by atoms with Crippen molar-refractivity contribution < 1.29 is 13.9 Å². The topological polar surface area (TPSA) is 54.7 Å². The van der Waals surface area contributed by atoms with E-state index in [2.05, 4.69) is 10.2 Å². The molecule has 1 N–H and O–H groups in total. The molecule has 1 atom stereocenters. The quantitative estimate of drug-likeness (QED) is 0.746. The zero-order chi connectivity index (χ0) is 17.5. The van der Waals surface area contributed by atoms with Crippen molar-refractivity contribution in [3.05, 3.63) is 54.0 Å². The molecule has 1 aromatic heterocycles. The van der Waals surface area contributed by atoms with Gasteiger partial charge in [-0.3, -0.25) is 9.69 Å². The molecule has 0 aliphatic carbocycles. The van der Waals surface area contributed by atoms with Crippen LogP contribution in [0.25, 0.3) is 0 Å². The number of rotatable bonds is 8. The minimum Gasteiger partial charge on any atom is -0.497 e. The molecule has 0 amide bonds. The van der Waals surface area contributed by atoms with Crippen LogP contribution in [-0.2, 0) is 0 Å². The van der Waals surface area contributed by atoms with Gasteiger partial charge in [0.15, 0.2) is 5.78 Å². The Bertz CT molecular complexity index is 646. The maximum atomic E-state index is 12.3. The maximum Gasteiger partial charge on any atom is 0.176 e. The van der Waals surface area contributed by atoms with E-state index in [1.165, 1.54) is 19.3 Å². The highest BCUT2D eigenvalue weighted by Crippen LogP contribution is 2.24. The van der Waals surface area contributed by atoms with E-state index in [0.29, 0.717) is 18.7 Å². The summed E-state index contributed by atoms with van der Waals surface area (Å²) < 4.78 is 10.8. The predicted octanol–water partition coefficient (Wildman–Crippen LogP) is 3.29. The van der Waals surface area contributed by atoms with Crippen molar-refractivity contribution in [1.82, 2.24) is 10.2 Å². The van der Waals surface area contributed by atoms with Crippen LogP contribution in [0.5, 0.6) is 5.75 Å². The molecule has 25 heavy (non-hydrogen) atoms. The monoisotopic (exact) mass is 342 g/mol. The van der Waals surface area contributed by atoms with Gasteiger partial charge in [0.25, 0.3) is 0 Å². The first-order chi connectivity index (χ1) is 12.3. The number of Topliss-reactive ketones (excluding diaryl/α,β-unsaturated/α-hetero) is 1. The van der Waals surface area contributed by atoms with Gasteiger partial charge in [0, 0.05) is 12.1 Å². The summed E-state index contributed by atoms with van der Waals surface area (Å²) >= 11 is 0. The summed E-state index contributed by atoms with van der Waals surface area (Å²) in [5.41, 5.74) is 0.695. The van der Waals surface area contributed by atoms with Crippen LogP contribution >= 0.6 is 0 Å². The summed E-state index contributed by atoms with van der Waals surface area (Å²) in [6.07, 6.45) is 5.46. The number of nitrogens with one attached hydrogen (secondary N) is 1. The molecule has 1 aliphatic heterocycles. The van der Waals surface area contributed by atoms with Crippen molar-refractivity contribution in [2.24, 2.45) is 0 Å². The number of carbonyl (C=O) groups excluding carboxylic acids is 1. The van der Waals surface area contributed by atoms with Gasteiger partial charge in [-0.2, -0.15) is 0 Å². The maximum absolute atomic E-state index is 12.3. The van der Waals surface area contributed by atoms with Crippen molar-refractivity contribution in [2.45, 2.75) is 25.3 Å². The Labute approximate surface area is 149 Å². The Morgan fingerprint density at radius 1 is 1.20 bits per heavy atom. The largest absolute Gasteiger partial charge is 0.497 e. The van der Waals surface area contributed by atoms with Gasteiger partial charge >= 0.3 is 0 Å². The molecular formula is C20H26N2O3. The first-order valence-corrected chi connectivity index (χ1v) is 8.93. The molecule has 5 heteroatoms. The van der Waals surface area contributed by atoms with E-state index in [-0.39, 0.29) is 11.8 Å². The van der Waals surface area contributed by atoms with E-state index in [9.17, 15) is 4.79 Å². The van der Waals surface area contributed by atoms with E-state index in [1.807, 2.05) is 24.3 Å². The molecule has 1 aromatic carbocycles. The van der Waals surface area contributed by atoms with Gasteiger partial charge < -0.3 is 14.5 Å². The second-order valence-corrected chi connectivity index (χ2v) is 6.41. The van der Waals surface area contributed by atoms with Gasteiger partial charge in [0.1, 0.15) is 11.5 Å². The number of piperidine rings is 1. The summed E-state index contributed by atoms with van der Waals surface area (Å²) in [6, 6.07) is 11.4. The lowest BCUT2D eigenvalue weighted by atomic mass is 10.1. The summed E-state index contributed by atoms with van der Waals surface area (Å²) in [7, 11) is 1.62. The Balaban J connectivity index is 1.56. The van der Waals surface area contributed by atoms with Gasteiger partial charge in [-0.25, -0.2) is 0 Å². The molecule has 3 rings (SSSR count). The average Bonchev–Trinajstić information content (AvgIpc) is 3.20. The van der Waals surface area contributed by atoms with Gasteiger partial charge in [-0.05, 0) is 62.3 Å². The number of ketones is 1. The Morgan fingerprint density at radius 3 is 2.60 bits per heavy atom. The first-order valence-electron chi connectivity index (χ1n) is 8.93. The molecule has 2 heterocycles. The van der Waals surface area contributed by atoms with Crippen LogP contribution in [0, 0.1) is 0 Å². The standard InChI is InChI=1S/C20H26N2O3/c1-24-17-9-7-16(8-10-17)19(23)15-21-14-18(20-6-5-13-25-20)22-11-3-2-4-12-22/h5-10,13,18,21H,2-4,11-12,14-15H2,1H3. The third kappa shape index (κ3) is 4.71. The van der Waals surface area contributed by atoms with Crippen molar-refractivity contribution in [3.63, 3.8) is 0 Å². The lowest BCUT2D eigenvalue weighted by Crippen LogP contribution is -2.40. The van der Waals surface area contributed by atoms with E-state index in [0.717, 1.165) is 24.6 Å². The number of furan rings is 1. The molecule has 1 fully saturated rings. The Hall–Kier alpha value is -2.11. The molecule has 0 radical (unpaired) electrons. The van der Waals surface area contributed by atoms with E-state index < -0.39 is 0 Å². The predicted molar refractivity (Wildman–Crippen MR) is 97.1 cm³/mol. The number of methoxy groups -OCH3 is 1. The van der Waals surface area contributed by atoms with Gasteiger partial charge in [0.05, 0.1) is 26.0 Å². The molecule has 0 saturated carbocycles. The number of hydrogen-bond donors (Lipinski definition) is 1. The van der Waals surface area contributed by atoms with Crippen LogP contribution in [0.1, 0.15) is 41.4 Å². The highest BCUT2D eigenvalue weighted by atomic mass is 16.5. The van der Waals surface area contributed by atoms with Gasteiger partial charge in [-0.1, -0.05) is 6.42 Å². The average molecular weight is 342 g/mol. The number of carbonyl (C=O) groups is 1. The number of likely N-dealkylation sites (tertiary alicyclic amines) is 1. The smallest absolute Gasteiger partial charge is 0.176 e. The van der Waals surface area contributed by atoms with Crippen LogP contribution in [0.3, 0.4) is 0 Å². The van der Waals surface area contributed by atoms with Crippen molar-refractivity contribution in [2.75, 3.05) is 33.3 Å². The molecule has 1 unspecified atom stereocenters. The summed E-state index contributed by atoms with van der Waals surface area (Å²) in [5, 5.41) is 3.32. The third-order valence-electron chi connectivity index (χ3n) is 4.74. The number of nitrogens with zero attached hydrogens (tertiary/aromatic N) is 1. The minimum atomic E-state index is 0.0829. The number of ether oxygens (including phenoxy) is 1. The van der Waals surface area contributed by atoms with Gasteiger partial charge in [0.2, 0.25) is 0 Å². The highest BCUT2D eigenvalue weighted by molar-refractivity contribution is 5.97. The van der Waals surface area contributed by atoms with E-state index in [4.69, 9.17) is 9.15 Å². The van der Waals surface area contributed by atoms with Crippen LogP contribution in [0.15, 0.2) is 47.1 Å². The van der Waals surface area contributed by atoms with Crippen LogP contribution in [0.2, 0.25) is 0 Å². The SMILES string of the molecule is COc1ccc(C(=O)CNCC(c2ccco2)N2CCCCC2)cc1. The number of hydrogen-bond acceptors (Lipinski definition) is 5. The third-order valence-corrected chi connectivity index (χ3v) is 4.74. The normalized spacial score (nSPS) is 16.5. The fourth-order valence-electron chi connectivity index (χ4n) is 3.32. The summed E-state index contributed by atoms with van der Waals surface area (Å²) in [5.74, 6) is 1.80. The number of benzene rings is 1. The fraction of sp³-hybridized carbons (Fsp3) is 0.450. The minimum absolute atomic E-state index is 0.0829. The molecular weight excluding hydrogens is 316 g/mol. The zero-order valence-electron chi connectivity index (χ0n) is 14.7. The Morgan fingerprint density at radius 2 is 1.96 bits per heavy atom. The Kier molecular flexibility index (Phi) is 6.25. The second kappa shape index (κ2) is 8.83. The van der Waals surface area contributed by atoms with E-state index in [1.54, 1.807) is 25.5 Å². The lowest BCUT2D eigenvalue weighted by Gasteiger charge is -2.33. The molecule has 2 aromatic rings. The first kappa shape index (κ1) is 17.7. The van der Waals surface area contributed by atoms with Crippen molar-refractivity contribution >= 4 is 5.78 Å². The summed E-state index contributed by atoms with van der Waals surface area (Å²) in [4.78, 5) is 14.8. The molecule has 1 aliphatic rings. The zero-order valence-corrected chi connectivity index (χ0v) is 14.7. The van der Waals surface area contributed by atoms with Crippen LogP contribution in [0.4, 0.5) is 0 Å². The van der Waals surface area contributed by atoms with Crippen molar-refractivity contribution in [1.29, 1.82) is 0 Å². The highest BCUT2D eigenvalue weighted by Gasteiger charge is 2.24. The second-order valence-electron chi connectivity index (χ2n) is 6.41. The van der Waals surface area contributed by atoms with E-state index >= 15 is 0 Å². The molecule has 1 saturated heterocycles. The molecule has 0 bridgehead atoms. The molecule has 5 nitrogen and oxygen atoms in total. The molecule has 0 spiro atoms. The molecule has 134 valence electrons. The van der Waals surface area contributed by atoms with Crippen LogP contribution < -0.4 is 10.1 Å². The van der Waals surface area contributed by atoms with Crippen LogP contribution in [-0.4, -0.2) is 44.0 Å². The lowest BCUT2D eigenvalue weighted by molar-refractivity contribution is 0.0980.